The van der Waals surface area contributed by atoms with Crippen molar-refractivity contribution in [1.29, 1.82) is 0 Å². The molecule has 0 spiro atoms. The number of ether oxygens (including phenoxy) is 1. The molecule has 0 bridgehead atoms. The van der Waals surface area contributed by atoms with Gasteiger partial charge in [0.05, 0.1) is 13.0 Å². The summed E-state index contributed by atoms with van der Waals surface area (Å²) < 4.78 is 9.90. The number of benzene rings is 2. The van der Waals surface area contributed by atoms with Gasteiger partial charge in [-0.05, 0) is 48.7 Å². The van der Waals surface area contributed by atoms with Crippen molar-refractivity contribution >= 4 is 39.9 Å². The Labute approximate surface area is 215 Å². The SMILES string of the molecule is COc1cccc(Cc2nsc(N3CCCC(C(=O)N4CCN(c5cccc(Cl)c5)CC4)C3)n2)c1. The van der Waals surface area contributed by atoms with Crippen LogP contribution in [0.15, 0.2) is 48.5 Å². The highest BCUT2D eigenvalue weighted by Gasteiger charge is 2.32. The monoisotopic (exact) mass is 511 g/mol. The Morgan fingerprint density at radius 3 is 2.71 bits per heavy atom. The molecule has 2 aliphatic rings. The standard InChI is InChI=1S/C26H30ClN5O2S/c1-34-23-9-2-5-19(15-23)16-24-28-26(35-29-24)32-10-4-6-20(18-32)25(33)31-13-11-30(12-14-31)22-8-3-7-21(27)17-22/h2-3,5,7-9,15,17,20H,4,6,10-14,16,18H2,1H3. The summed E-state index contributed by atoms with van der Waals surface area (Å²) in [5, 5.41) is 1.65. The smallest absolute Gasteiger partial charge is 0.227 e. The highest BCUT2D eigenvalue weighted by molar-refractivity contribution is 7.09. The Balaban J connectivity index is 1.17. The third kappa shape index (κ3) is 5.70. The largest absolute Gasteiger partial charge is 0.497 e. The van der Waals surface area contributed by atoms with Crippen molar-refractivity contribution in [2.75, 3.05) is 56.2 Å². The first-order valence-corrected chi connectivity index (χ1v) is 13.2. The number of carbonyl (C=O) groups is 1. The normalized spacial score (nSPS) is 18.6. The van der Waals surface area contributed by atoms with Gasteiger partial charge in [0.25, 0.3) is 0 Å². The van der Waals surface area contributed by atoms with E-state index in [1.54, 1.807) is 7.11 Å². The van der Waals surface area contributed by atoms with Crippen LogP contribution in [-0.2, 0) is 11.2 Å². The van der Waals surface area contributed by atoms with Crippen LogP contribution in [0.25, 0.3) is 0 Å². The molecule has 3 aromatic rings. The summed E-state index contributed by atoms with van der Waals surface area (Å²) in [5.41, 5.74) is 2.24. The topological polar surface area (TPSA) is 61.8 Å². The van der Waals surface area contributed by atoms with Crippen molar-refractivity contribution < 1.29 is 9.53 Å². The lowest BCUT2D eigenvalue weighted by atomic mass is 9.96. The predicted octanol–water partition coefficient (Wildman–Crippen LogP) is 4.36. The highest BCUT2D eigenvalue weighted by Crippen LogP contribution is 2.28. The fourth-order valence-corrected chi connectivity index (χ4v) is 5.78. The molecular weight excluding hydrogens is 482 g/mol. The quantitative estimate of drug-likeness (QED) is 0.490. The van der Waals surface area contributed by atoms with Crippen molar-refractivity contribution in [3.63, 3.8) is 0 Å². The summed E-state index contributed by atoms with van der Waals surface area (Å²) in [6.07, 6.45) is 2.59. The molecule has 1 unspecified atom stereocenters. The fraction of sp³-hybridized carbons (Fsp3) is 0.423. The van der Waals surface area contributed by atoms with Crippen LogP contribution in [0.5, 0.6) is 5.75 Å². The first-order chi connectivity index (χ1) is 17.1. The van der Waals surface area contributed by atoms with Gasteiger partial charge in [-0.1, -0.05) is 29.8 Å². The van der Waals surface area contributed by atoms with Gasteiger partial charge in [-0.25, -0.2) is 4.98 Å². The van der Waals surface area contributed by atoms with E-state index >= 15 is 0 Å². The Morgan fingerprint density at radius 1 is 1.09 bits per heavy atom. The molecular formula is C26H30ClN5O2S. The number of piperazine rings is 1. The number of nitrogens with zero attached hydrogens (tertiary/aromatic N) is 5. The Kier molecular flexibility index (Phi) is 7.39. The van der Waals surface area contributed by atoms with Gasteiger partial charge in [0, 0.05) is 67.9 Å². The molecule has 0 radical (unpaired) electrons. The highest BCUT2D eigenvalue weighted by atomic mass is 35.5. The lowest BCUT2D eigenvalue weighted by Crippen LogP contribution is -2.52. The number of anilines is 2. The molecule has 0 saturated carbocycles. The minimum atomic E-state index is 0.00667. The van der Waals surface area contributed by atoms with Crippen LogP contribution in [-0.4, -0.2) is 66.5 Å². The van der Waals surface area contributed by atoms with Crippen molar-refractivity contribution in [2.45, 2.75) is 19.3 Å². The second-order valence-electron chi connectivity index (χ2n) is 9.10. The van der Waals surface area contributed by atoms with Crippen molar-refractivity contribution in [3.05, 3.63) is 64.9 Å². The molecule has 2 saturated heterocycles. The van der Waals surface area contributed by atoms with Crippen LogP contribution in [0.4, 0.5) is 10.8 Å². The molecule has 5 rings (SSSR count). The number of amides is 1. The first kappa shape index (κ1) is 23.9. The number of methoxy groups -OCH3 is 1. The Hall–Kier alpha value is -2.84. The number of rotatable bonds is 6. The third-order valence-electron chi connectivity index (χ3n) is 6.76. The molecule has 1 atom stereocenters. The number of hydrogen-bond donors (Lipinski definition) is 0. The molecule has 35 heavy (non-hydrogen) atoms. The molecule has 0 N–H and O–H groups in total. The molecule has 0 aliphatic carbocycles. The number of halogens is 1. The summed E-state index contributed by atoms with van der Waals surface area (Å²) in [6.45, 7) is 4.76. The Bertz CT molecular complexity index is 1160. The third-order valence-corrected chi connectivity index (χ3v) is 7.81. The number of hydrogen-bond acceptors (Lipinski definition) is 7. The molecule has 7 nitrogen and oxygen atoms in total. The van der Waals surface area contributed by atoms with Gasteiger partial charge >= 0.3 is 0 Å². The minimum Gasteiger partial charge on any atom is -0.497 e. The van der Waals surface area contributed by atoms with Crippen molar-refractivity contribution in [1.82, 2.24) is 14.3 Å². The van der Waals surface area contributed by atoms with E-state index in [9.17, 15) is 4.79 Å². The van der Waals surface area contributed by atoms with Crippen LogP contribution >= 0.6 is 23.1 Å². The van der Waals surface area contributed by atoms with Crippen molar-refractivity contribution in [3.8, 4) is 5.75 Å². The summed E-state index contributed by atoms with van der Waals surface area (Å²) in [6, 6.07) is 15.9. The van der Waals surface area contributed by atoms with Crippen LogP contribution in [0, 0.1) is 5.92 Å². The van der Waals surface area contributed by atoms with E-state index < -0.39 is 0 Å². The molecule has 2 aromatic carbocycles. The van der Waals surface area contributed by atoms with Crippen LogP contribution in [0.1, 0.15) is 24.2 Å². The van der Waals surface area contributed by atoms with E-state index in [1.807, 2.05) is 41.3 Å². The van der Waals surface area contributed by atoms with Crippen LogP contribution < -0.4 is 14.5 Å². The molecule has 1 aromatic heterocycles. The zero-order valence-corrected chi connectivity index (χ0v) is 21.5. The maximum Gasteiger partial charge on any atom is 0.227 e. The van der Waals surface area contributed by atoms with Gasteiger partial charge in [0.1, 0.15) is 11.6 Å². The van der Waals surface area contributed by atoms with E-state index in [0.29, 0.717) is 13.0 Å². The average molecular weight is 512 g/mol. The van der Waals surface area contributed by atoms with Crippen LogP contribution in [0.2, 0.25) is 5.02 Å². The van der Waals surface area contributed by atoms with E-state index in [1.165, 1.54) is 11.5 Å². The van der Waals surface area contributed by atoms with E-state index in [2.05, 4.69) is 26.3 Å². The maximum absolute atomic E-state index is 13.3. The number of piperidine rings is 1. The molecule has 9 heteroatoms. The lowest BCUT2D eigenvalue weighted by molar-refractivity contribution is -0.136. The average Bonchev–Trinajstić information content (AvgIpc) is 3.37. The van der Waals surface area contributed by atoms with Crippen LogP contribution in [0.3, 0.4) is 0 Å². The van der Waals surface area contributed by atoms with Gasteiger partial charge in [0.15, 0.2) is 0 Å². The molecule has 2 aliphatic heterocycles. The fourth-order valence-electron chi connectivity index (χ4n) is 4.88. The summed E-state index contributed by atoms with van der Waals surface area (Å²) in [4.78, 5) is 24.7. The van der Waals surface area contributed by atoms with E-state index in [4.69, 9.17) is 21.3 Å². The molecule has 2 fully saturated rings. The summed E-state index contributed by atoms with van der Waals surface area (Å²) in [7, 11) is 1.67. The maximum atomic E-state index is 13.3. The minimum absolute atomic E-state index is 0.00667. The zero-order valence-electron chi connectivity index (χ0n) is 19.9. The number of carbonyl (C=O) groups excluding carboxylic acids is 1. The van der Waals surface area contributed by atoms with Crippen molar-refractivity contribution in [2.24, 2.45) is 5.92 Å². The second-order valence-corrected chi connectivity index (χ2v) is 10.3. The van der Waals surface area contributed by atoms with Gasteiger partial charge in [-0.2, -0.15) is 4.37 Å². The second kappa shape index (κ2) is 10.8. The molecule has 1 amide bonds. The summed E-state index contributed by atoms with van der Waals surface area (Å²) >= 11 is 7.58. The van der Waals surface area contributed by atoms with Gasteiger partial charge in [-0.3, -0.25) is 4.79 Å². The molecule has 184 valence electrons. The first-order valence-electron chi connectivity index (χ1n) is 12.1. The van der Waals surface area contributed by atoms with E-state index in [-0.39, 0.29) is 11.8 Å². The lowest BCUT2D eigenvalue weighted by Gasteiger charge is -2.39. The van der Waals surface area contributed by atoms with Gasteiger partial charge < -0.3 is 19.4 Å². The Morgan fingerprint density at radius 2 is 1.91 bits per heavy atom. The van der Waals surface area contributed by atoms with E-state index in [0.717, 1.165) is 78.5 Å². The zero-order chi connectivity index (χ0) is 24.2. The molecule has 3 heterocycles. The predicted molar refractivity (Wildman–Crippen MR) is 141 cm³/mol. The van der Waals surface area contributed by atoms with Gasteiger partial charge in [0.2, 0.25) is 11.0 Å². The van der Waals surface area contributed by atoms with Gasteiger partial charge in [-0.15, -0.1) is 0 Å². The number of aromatic nitrogens is 2. The summed E-state index contributed by atoms with van der Waals surface area (Å²) in [5.74, 6) is 1.92.